The number of nitrogens with one attached hydrogen (secondary N) is 1. The molecule has 0 aliphatic carbocycles. The number of carbonyl (C=O) groups excluding carboxylic acids is 1. The van der Waals surface area contributed by atoms with E-state index in [2.05, 4.69) is 10.3 Å². The van der Waals surface area contributed by atoms with E-state index in [1.165, 1.54) is 0 Å². The monoisotopic (exact) mass is 366 g/mol. The van der Waals surface area contributed by atoms with Gasteiger partial charge in [0.25, 0.3) is 0 Å². The van der Waals surface area contributed by atoms with Crippen LogP contribution in [0.2, 0.25) is 0 Å². The molecule has 1 N–H and O–H groups in total. The van der Waals surface area contributed by atoms with Crippen molar-refractivity contribution in [3.63, 3.8) is 0 Å². The number of amides is 1. The predicted octanol–water partition coefficient (Wildman–Crippen LogP) is 4.16. The molecule has 0 bridgehead atoms. The van der Waals surface area contributed by atoms with Gasteiger partial charge in [0.2, 0.25) is 11.8 Å². The van der Waals surface area contributed by atoms with Crippen molar-refractivity contribution in [2.24, 2.45) is 0 Å². The number of aryl methyl sites for hydroxylation is 2. The minimum atomic E-state index is -0.214. The average molecular weight is 366 g/mol. The normalized spacial score (nSPS) is 10.5. The molecule has 6 heteroatoms. The summed E-state index contributed by atoms with van der Waals surface area (Å²) in [5.41, 5.74) is 3.13. The van der Waals surface area contributed by atoms with Gasteiger partial charge in [-0.3, -0.25) is 4.79 Å². The molecule has 0 aliphatic rings. The van der Waals surface area contributed by atoms with Gasteiger partial charge in [-0.25, -0.2) is 4.98 Å². The number of rotatable bonds is 6. The number of ether oxygens (including phenoxy) is 2. The van der Waals surface area contributed by atoms with Gasteiger partial charge < -0.3 is 19.2 Å². The fraction of sp³-hybridized carbons (Fsp3) is 0.238. The largest absolute Gasteiger partial charge is 0.497 e. The van der Waals surface area contributed by atoms with E-state index in [1.807, 2.05) is 38.1 Å². The number of aromatic nitrogens is 1. The lowest BCUT2D eigenvalue weighted by Gasteiger charge is -2.11. The lowest BCUT2D eigenvalue weighted by atomic mass is 10.1. The zero-order valence-corrected chi connectivity index (χ0v) is 15.8. The Hall–Kier alpha value is -3.28. The summed E-state index contributed by atoms with van der Waals surface area (Å²) >= 11 is 0. The first-order valence-electron chi connectivity index (χ1n) is 8.56. The van der Waals surface area contributed by atoms with Crippen molar-refractivity contribution in [2.45, 2.75) is 20.3 Å². The zero-order chi connectivity index (χ0) is 19.4. The molecule has 2 aromatic carbocycles. The van der Waals surface area contributed by atoms with Gasteiger partial charge in [0.1, 0.15) is 17.3 Å². The van der Waals surface area contributed by atoms with Crippen LogP contribution in [0.3, 0.4) is 0 Å². The molecule has 6 nitrogen and oxygen atoms in total. The third-order valence-electron chi connectivity index (χ3n) is 4.28. The van der Waals surface area contributed by atoms with Gasteiger partial charge in [-0.1, -0.05) is 18.2 Å². The highest BCUT2D eigenvalue weighted by Crippen LogP contribution is 2.29. The van der Waals surface area contributed by atoms with Crippen LogP contribution in [0.25, 0.3) is 11.5 Å². The number of carbonyl (C=O) groups is 1. The maximum absolute atomic E-state index is 12.5. The van der Waals surface area contributed by atoms with Gasteiger partial charge in [-0.15, -0.1) is 0 Å². The first-order valence-corrected chi connectivity index (χ1v) is 8.56. The molecule has 3 aromatic rings. The molecule has 0 atom stereocenters. The Balaban J connectivity index is 1.78. The van der Waals surface area contributed by atoms with E-state index >= 15 is 0 Å². The van der Waals surface area contributed by atoms with Gasteiger partial charge in [-0.2, -0.15) is 0 Å². The average Bonchev–Trinajstić information content (AvgIpc) is 3.02. The lowest BCUT2D eigenvalue weighted by Crippen LogP contribution is -2.15. The van der Waals surface area contributed by atoms with Crippen LogP contribution in [0.1, 0.15) is 17.0 Å². The molecule has 140 valence electrons. The molecular weight excluding hydrogens is 344 g/mol. The molecular formula is C21H22N2O4. The number of hydrogen-bond donors (Lipinski definition) is 1. The number of anilines is 1. The Labute approximate surface area is 158 Å². The molecule has 0 saturated heterocycles. The van der Waals surface area contributed by atoms with E-state index in [9.17, 15) is 4.79 Å². The van der Waals surface area contributed by atoms with Crippen molar-refractivity contribution in [3.8, 4) is 23.0 Å². The molecule has 0 radical (unpaired) electrons. The number of methoxy groups -OCH3 is 2. The van der Waals surface area contributed by atoms with Crippen LogP contribution in [0.15, 0.2) is 46.9 Å². The van der Waals surface area contributed by atoms with E-state index in [0.717, 1.165) is 11.1 Å². The van der Waals surface area contributed by atoms with Crippen LogP contribution < -0.4 is 14.8 Å². The van der Waals surface area contributed by atoms with E-state index in [0.29, 0.717) is 34.5 Å². The highest BCUT2D eigenvalue weighted by molar-refractivity contribution is 5.93. The molecule has 1 amide bonds. The Bertz CT molecular complexity index is 963. The topological polar surface area (TPSA) is 73.6 Å². The Kier molecular flexibility index (Phi) is 5.45. The minimum absolute atomic E-state index is 0.0988. The summed E-state index contributed by atoms with van der Waals surface area (Å²) < 4.78 is 16.3. The smallest absolute Gasteiger partial charge is 0.230 e. The van der Waals surface area contributed by atoms with Crippen molar-refractivity contribution in [1.82, 2.24) is 4.98 Å². The van der Waals surface area contributed by atoms with Crippen molar-refractivity contribution >= 4 is 11.6 Å². The van der Waals surface area contributed by atoms with Gasteiger partial charge >= 0.3 is 0 Å². The van der Waals surface area contributed by atoms with Crippen molar-refractivity contribution in [1.29, 1.82) is 0 Å². The summed E-state index contributed by atoms with van der Waals surface area (Å²) in [6, 6.07) is 13.1. The van der Waals surface area contributed by atoms with E-state index in [1.54, 1.807) is 32.4 Å². The Morgan fingerprint density at radius 1 is 1.11 bits per heavy atom. The second kappa shape index (κ2) is 7.95. The van der Waals surface area contributed by atoms with Crippen LogP contribution in [0, 0.1) is 13.8 Å². The maximum Gasteiger partial charge on any atom is 0.230 e. The minimum Gasteiger partial charge on any atom is -0.497 e. The molecule has 0 saturated carbocycles. The van der Waals surface area contributed by atoms with Gasteiger partial charge in [-0.05, 0) is 37.6 Å². The fourth-order valence-corrected chi connectivity index (χ4v) is 2.78. The number of benzene rings is 2. The third kappa shape index (κ3) is 4.11. The summed E-state index contributed by atoms with van der Waals surface area (Å²) in [6.45, 7) is 3.81. The summed E-state index contributed by atoms with van der Waals surface area (Å²) in [6.07, 6.45) is 0.0988. The molecule has 3 rings (SSSR count). The third-order valence-corrected chi connectivity index (χ3v) is 4.28. The highest BCUT2D eigenvalue weighted by Gasteiger charge is 2.17. The molecule has 1 aromatic heterocycles. The summed E-state index contributed by atoms with van der Waals surface area (Å²) in [5, 5.41) is 2.85. The molecule has 0 unspecified atom stereocenters. The van der Waals surface area contributed by atoms with E-state index in [-0.39, 0.29) is 12.3 Å². The first-order chi connectivity index (χ1) is 13.0. The van der Waals surface area contributed by atoms with Crippen LogP contribution in [0.5, 0.6) is 11.5 Å². The second-order valence-electron chi connectivity index (χ2n) is 6.13. The van der Waals surface area contributed by atoms with E-state index < -0.39 is 0 Å². The summed E-state index contributed by atoms with van der Waals surface area (Å²) in [7, 11) is 3.12. The number of oxazole rings is 1. The van der Waals surface area contributed by atoms with Crippen LogP contribution >= 0.6 is 0 Å². The standard InChI is InChI=1S/C21H22N2O4/c1-13-7-5-6-8-16(13)21-23-17(14(2)27-21)12-20(24)22-18-11-15(25-3)9-10-19(18)26-4/h5-11H,12H2,1-4H3,(H,22,24). The molecule has 0 spiro atoms. The van der Waals surface area contributed by atoms with Crippen molar-refractivity contribution in [2.75, 3.05) is 19.5 Å². The highest BCUT2D eigenvalue weighted by atomic mass is 16.5. The number of nitrogens with zero attached hydrogens (tertiary/aromatic N) is 1. The molecule has 0 aliphatic heterocycles. The zero-order valence-electron chi connectivity index (χ0n) is 15.8. The van der Waals surface area contributed by atoms with Crippen LogP contribution in [-0.2, 0) is 11.2 Å². The quantitative estimate of drug-likeness (QED) is 0.709. The fourth-order valence-electron chi connectivity index (χ4n) is 2.78. The van der Waals surface area contributed by atoms with Gasteiger partial charge in [0, 0.05) is 11.6 Å². The summed E-state index contributed by atoms with van der Waals surface area (Å²) in [4.78, 5) is 17.0. The lowest BCUT2D eigenvalue weighted by molar-refractivity contribution is -0.115. The molecule has 27 heavy (non-hydrogen) atoms. The molecule has 0 fully saturated rings. The van der Waals surface area contributed by atoms with E-state index in [4.69, 9.17) is 13.9 Å². The Morgan fingerprint density at radius 2 is 1.89 bits per heavy atom. The number of hydrogen-bond acceptors (Lipinski definition) is 5. The SMILES string of the molecule is COc1ccc(OC)c(NC(=O)Cc2nc(-c3ccccc3C)oc2C)c1. The van der Waals surface area contributed by atoms with Crippen molar-refractivity contribution < 1.29 is 18.7 Å². The van der Waals surface area contributed by atoms with Gasteiger partial charge in [0.05, 0.1) is 32.0 Å². The predicted molar refractivity (Wildman–Crippen MR) is 103 cm³/mol. The Morgan fingerprint density at radius 3 is 2.59 bits per heavy atom. The maximum atomic E-state index is 12.5. The van der Waals surface area contributed by atoms with Crippen LogP contribution in [-0.4, -0.2) is 25.1 Å². The van der Waals surface area contributed by atoms with Gasteiger partial charge in [0.15, 0.2) is 0 Å². The molecule has 1 heterocycles. The first kappa shape index (κ1) is 18.5. The van der Waals surface area contributed by atoms with Crippen molar-refractivity contribution in [3.05, 3.63) is 59.5 Å². The van der Waals surface area contributed by atoms with Crippen LogP contribution in [0.4, 0.5) is 5.69 Å². The second-order valence-corrected chi connectivity index (χ2v) is 6.13. The summed E-state index contributed by atoms with van der Waals surface area (Å²) in [5.74, 6) is 2.12.